The van der Waals surface area contributed by atoms with Gasteiger partial charge in [0.25, 0.3) is 0 Å². The van der Waals surface area contributed by atoms with Crippen LogP contribution >= 0.6 is 24.8 Å². The maximum absolute atomic E-state index is 4.30. The van der Waals surface area contributed by atoms with E-state index >= 15 is 0 Å². The fourth-order valence-electron chi connectivity index (χ4n) is 4.68. The van der Waals surface area contributed by atoms with E-state index in [9.17, 15) is 0 Å². The predicted octanol–water partition coefficient (Wildman–Crippen LogP) is 3.31. The summed E-state index contributed by atoms with van der Waals surface area (Å²) in [4.78, 5) is 5.18. The second kappa shape index (κ2) is 8.09. The van der Waals surface area contributed by atoms with Gasteiger partial charge in [0.15, 0.2) is 0 Å². The van der Waals surface area contributed by atoms with Gasteiger partial charge >= 0.3 is 0 Å². The number of benzene rings is 1. The average Bonchev–Trinajstić information content (AvgIpc) is 3.15. The first-order chi connectivity index (χ1) is 11.1. The number of fused-ring (bicyclic) bond motifs is 1. The van der Waals surface area contributed by atoms with Crippen LogP contribution in [0.1, 0.15) is 22.7 Å². The van der Waals surface area contributed by atoms with Crippen molar-refractivity contribution in [2.24, 2.45) is 18.9 Å². The molecule has 2 saturated heterocycles. The van der Waals surface area contributed by atoms with Crippen molar-refractivity contribution in [2.75, 3.05) is 26.7 Å². The number of aryl methyl sites for hydroxylation is 2. The van der Waals surface area contributed by atoms with Gasteiger partial charge < -0.3 is 0 Å². The highest BCUT2D eigenvalue weighted by Gasteiger charge is 2.46. The Labute approximate surface area is 163 Å². The van der Waals surface area contributed by atoms with Crippen molar-refractivity contribution >= 4 is 24.8 Å². The Hall–Kier alpha value is -1.07. The van der Waals surface area contributed by atoms with Gasteiger partial charge in [0, 0.05) is 51.0 Å². The summed E-state index contributed by atoms with van der Waals surface area (Å²) in [5.74, 6) is 1.54. The molecule has 0 radical (unpaired) electrons. The van der Waals surface area contributed by atoms with Gasteiger partial charge in [0.2, 0.25) is 0 Å². The quantitative estimate of drug-likeness (QED) is 0.813. The Balaban J connectivity index is 0.00000113. The predicted molar refractivity (Wildman–Crippen MR) is 107 cm³/mol. The van der Waals surface area contributed by atoms with Crippen LogP contribution in [-0.2, 0) is 13.6 Å². The molecule has 138 valence electrons. The van der Waals surface area contributed by atoms with E-state index in [-0.39, 0.29) is 24.8 Å². The van der Waals surface area contributed by atoms with Crippen molar-refractivity contribution in [3.8, 4) is 0 Å². The van der Waals surface area contributed by atoms with Crippen molar-refractivity contribution in [3.05, 3.63) is 53.3 Å². The molecule has 2 fully saturated rings. The van der Waals surface area contributed by atoms with Gasteiger partial charge in [-0.15, -0.1) is 24.8 Å². The number of nitrogens with zero attached hydrogens (tertiary/aromatic N) is 4. The fraction of sp³-hybridized carbons (Fsp3) is 0.526. The highest BCUT2D eigenvalue weighted by molar-refractivity contribution is 5.85. The second-order valence-corrected chi connectivity index (χ2v) is 7.38. The number of rotatable bonds is 3. The summed E-state index contributed by atoms with van der Waals surface area (Å²) in [6.45, 7) is 6.91. The fourth-order valence-corrected chi connectivity index (χ4v) is 4.68. The van der Waals surface area contributed by atoms with Gasteiger partial charge in [-0.2, -0.15) is 5.10 Å². The van der Waals surface area contributed by atoms with Gasteiger partial charge in [-0.25, -0.2) is 0 Å². The van der Waals surface area contributed by atoms with Gasteiger partial charge in [0.1, 0.15) is 0 Å². The van der Waals surface area contributed by atoms with E-state index in [1.54, 1.807) is 0 Å². The Kier molecular flexibility index (Phi) is 6.55. The molecule has 2 aliphatic rings. The number of aromatic nitrogens is 2. The topological polar surface area (TPSA) is 24.3 Å². The van der Waals surface area contributed by atoms with E-state index in [1.165, 1.54) is 36.3 Å². The lowest BCUT2D eigenvalue weighted by Gasteiger charge is -2.28. The largest absolute Gasteiger partial charge is 0.299 e. The third-order valence-corrected chi connectivity index (χ3v) is 5.64. The molecular weight excluding hydrogens is 355 g/mol. The van der Waals surface area contributed by atoms with Crippen molar-refractivity contribution in [3.63, 3.8) is 0 Å². The summed E-state index contributed by atoms with van der Waals surface area (Å²) in [6.07, 6.45) is 4.14. The van der Waals surface area contributed by atoms with Crippen LogP contribution in [0, 0.1) is 18.8 Å². The van der Waals surface area contributed by atoms with E-state index in [4.69, 9.17) is 0 Å². The van der Waals surface area contributed by atoms with Crippen molar-refractivity contribution in [2.45, 2.75) is 19.5 Å². The lowest BCUT2D eigenvalue weighted by atomic mass is 9.88. The minimum atomic E-state index is 0. The third kappa shape index (κ3) is 3.87. The van der Waals surface area contributed by atoms with Crippen molar-refractivity contribution in [1.29, 1.82) is 0 Å². The highest BCUT2D eigenvalue weighted by Crippen LogP contribution is 2.45. The van der Waals surface area contributed by atoms with Crippen LogP contribution in [0.25, 0.3) is 0 Å². The molecule has 0 spiro atoms. The molecule has 1 aromatic heterocycles. The molecule has 3 heterocycles. The Morgan fingerprint density at radius 3 is 2.52 bits per heavy atom. The third-order valence-electron chi connectivity index (χ3n) is 5.64. The normalized spacial score (nSPS) is 26.1. The Bertz CT molecular complexity index is 702. The average molecular weight is 383 g/mol. The second-order valence-electron chi connectivity index (χ2n) is 7.38. The molecule has 4 nitrogen and oxygen atoms in total. The molecule has 2 aliphatic heterocycles. The molecule has 25 heavy (non-hydrogen) atoms. The molecule has 2 aromatic rings. The van der Waals surface area contributed by atoms with Crippen LogP contribution in [0.3, 0.4) is 0 Å². The number of likely N-dealkylation sites (tertiary alicyclic amines) is 2. The summed E-state index contributed by atoms with van der Waals surface area (Å²) in [6, 6.07) is 9.47. The van der Waals surface area contributed by atoms with E-state index in [2.05, 4.69) is 59.3 Å². The zero-order valence-corrected chi connectivity index (χ0v) is 16.8. The SMILES string of the molecule is Cc1ccccc1[C@@H]1[C@@H]2CN(Cc3cnn(C)c3)C[C@@H]2CN1C.Cl.Cl. The van der Waals surface area contributed by atoms with Gasteiger partial charge in [-0.3, -0.25) is 14.5 Å². The zero-order valence-electron chi connectivity index (χ0n) is 15.1. The Morgan fingerprint density at radius 2 is 1.84 bits per heavy atom. The maximum atomic E-state index is 4.30. The number of hydrogen-bond donors (Lipinski definition) is 0. The molecular formula is C19H28Cl2N4. The summed E-state index contributed by atoms with van der Waals surface area (Å²) in [5.41, 5.74) is 4.27. The first kappa shape index (κ1) is 20.2. The molecule has 0 amide bonds. The van der Waals surface area contributed by atoms with Crippen LogP contribution in [0.4, 0.5) is 0 Å². The molecule has 0 bridgehead atoms. The lowest BCUT2D eigenvalue weighted by molar-refractivity contribution is 0.224. The van der Waals surface area contributed by atoms with E-state index in [0.717, 1.165) is 18.4 Å². The molecule has 3 atom stereocenters. The van der Waals surface area contributed by atoms with Gasteiger partial charge in [-0.05, 0) is 36.9 Å². The monoisotopic (exact) mass is 382 g/mol. The van der Waals surface area contributed by atoms with Crippen LogP contribution in [0.2, 0.25) is 0 Å². The van der Waals surface area contributed by atoms with Crippen LogP contribution < -0.4 is 0 Å². The summed E-state index contributed by atoms with van der Waals surface area (Å²) in [7, 11) is 4.28. The van der Waals surface area contributed by atoms with Crippen LogP contribution in [-0.4, -0.2) is 46.3 Å². The minimum absolute atomic E-state index is 0. The standard InChI is InChI=1S/C19H26N4.2ClH/c1-14-6-4-5-7-17(14)19-18-13-23(12-16(18)11-21(19)2)10-15-8-20-22(3)9-15;;/h4-9,16,18-19H,10-13H2,1-3H3;2*1H/t16-,18+,19+;;/m0../s1. The molecule has 0 unspecified atom stereocenters. The van der Waals surface area contributed by atoms with E-state index in [1.807, 2.05) is 17.9 Å². The molecule has 0 aliphatic carbocycles. The molecule has 4 rings (SSSR count). The first-order valence-electron chi connectivity index (χ1n) is 8.57. The van der Waals surface area contributed by atoms with Gasteiger partial charge in [0.05, 0.1) is 6.20 Å². The maximum Gasteiger partial charge on any atom is 0.0534 e. The van der Waals surface area contributed by atoms with Crippen LogP contribution in [0.15, 0.2) is 36.7 Å². The zero-order chi connectivity index (χ0) is 16.0. The van der Waals surface area contributed by atoms with Crippen molar-refractivity contribution in [1.82, 2.24) is 19.6 Å². The summed E-state index contributed by atoms with van der Waals surface area (Å²) in [5, 5.41) is 4.30. The highest BCUT2D eigenvalue weighted by atomic mass is 35.5. The molecule has 0 saturated carbocycles. The number of hydrogen-bond acceptors (Lipinski definition) is 3. The molecule has 0 N–H and O–H groups in total. The van der Waals surface area contributed by atoms with E-state index < -0.39 is 0 Å². The minimum Gasteiger partial charge on any atom is -0.299 e. The molecule has 6 heteroatoms. The molecule has 1 aromatic carbocycles. The summed E-state index contributed by atoms with van der Waals surface area (Å²) < 4.78 is 1.90. The summed E-state index contributed by atoms with van der Waals surface area (Å²) >= 11 is 0. The van der Waals surface area contributed by atoms with E-state index in [0.29, 0.717) is 6.04 Å². The van der Waals surface area contributed by atoms with Crippen LogP contribution in [0.5, 0.6) is 0 Å². The first-order valence-corrected chi connectivity index (χ1v) is 8.57. The Morgan fingerprint density at radius 1 is 1.08 bits per heavy atom. The lowest BCUT2D eigenvalue weighted by Crippen LogP contribution is -2.29. The van der Waals surface area contributed by atoms with Crippen molar-refractivity contribution < 1.29 is 0 Å². The van der Waals surface area contributed by atoms with Gasteiger partial charge in [-0.1, -0.05) is 24.3 Å². The smallest absolute Gasteiger partial charge is 0.0534 e. The number of halogens is 2.